The molecule has 1 aliphatic heterocycles. The molecule has 0 amide bonds. The smallest absolute Gasteiger partial charge is 0.186 e. The fraction of sp³-hybridized carbons (Fsp3) is 0.429. The van der Waals surface area contributed by atoms with Crippen molar-refractivity contribution in [1.82, 2.24) is 0 Å². The van der Waals surface area contributed by atoms with E-state index >= 15 is 0 Å². The van der Waals surface area contributed by atoms with Crippen LogP contribution in [0.15, 0.2) is 60.7 Å². The molecule has 27 heavy (non-hydrogen) atoms. The Morgan fingerprint density at radius 1 is 0.889 bits per heavy atom. The van der Waals surface area contributed by atoms with Gasteiger partial charge in [-0.15, -0.1) is 0 Å². The van der Waals surface area contributed by atoms with Gasteiger partial charge in [-0.2, -0.15) is 0 Å². The van der Waals surface area contributed by atoms with Crippen molar-refractivity contribution >= 4 is 0 Å². The average Bonchev–Trinajstić information content (AvgIpc) is 3.09. The molecule has 6 nitrogen and oxygen atoms in total. The van der Waals surface area contributed by atoms with Gasteiger partial charge in [0.25, 0.3) is 0 Å². The van der Waals surface area contributed by atoms with Crippen molar-refractivity contribution in [3.8, 4) is 0 Å². The molecule has 5 atom stereocenters. The third kappa shape index (κ3) is 5.13. The fourth-order valence-corrected chi connectivity index (χ4v) is 3.15. The largest absolute Gasteiger partial charge is 0.394 e. The van der Waals surface area contributed by atoms with Gasteiger partial charge in [0.1, 0.15) is 24.4 Å². The van der Waals surface area contributed by atoms with Gasteiger partial charge in [0.15, 0.2) is 6.29 Å². The molecule has 0 spiro atoms. The van der Waals surface area contributed by atoms with Gasteiger partial charge >= 0.3 is 0 Å². The number of hydrogen-bond acceptors (Lipinski definition) is 6. The summed E-state index contributed by atoms with van der Waals surface area (Å²) in [5, 5.41) is 19.6. The Bertz CT molecular complexity index is 665. The minimum absolute atomic E-state index is 0.338. The highest BCUT2D eigenvalue weighted by molar-refractivity contribution is 5.14. The highest BCUT2D eigenvalue weighted by atomic mass is 16.7. The summed E-state index contributed by atoms with van der Waals surface area (Å²) in [7, 11) is 1.52. The van der Waals surface area contributed by atoms with E-state index in [0.29, 0.717) is 13.2 Å². The Hall–Kier alpha value is -1.80. The van der Waals surface area contributed by atoms with E-state index in [1.165, 1.54) is 7.11 Å². The molecule has 6 heteroatoms. The quantitative estimate of drug-likeness (QED) is 0.698. The first-order valence-corrected chi connectivity index (χ1v) is 9.01. The number of aliphatic hydroxyl groups excluding tert-OH is 2. The van der Waals surface area contributed by atoms with Crippen molar-refractivity contribution in [2.24, 2.45) is 0 Å². The normalized spacial score (nSPS) is 26.2. The van der Waals surface area contributed by atoms with Crippen molar-refractivity contribution in [1.29, 1.82) is 0 Å². The zero-order valence-electron chi connectivity index (χ0n) is 15.3. The molecule has 1 fully saturated rings. The first-order valence-electron chi connectivity index (χ1n) is 9.01. The number of rotatable bonds is 9. The average molecular weight is 374 g/mol. The number of methoxy groups -OCH3 is 1. The molecule has 0 bridgehead atoms. The number of hydrogen-bond donors (Lipinski definition) is 2. The maximum Gasteiger partial charge on any atom is 0.186 e. The van der Waals surface area contributed by atoms with Crippen molar-refractivity contribution in [3.05, 3.63) is 71.8 Å². The predicted molar refractivity (Wildman–Crippen MR) is 98.8 cm³/mol. The molecule has 146 valence electrons. The summed E-state index contributed by atoms with van der Waals surface area (Å²) in [4.78, 5) is 0. The van der Waals surface area contributed by atoms with Crippen molar-refractivity contribution < 1.29 is 29.2 Å². The lowest BCUT2D eigenvalue weighted by Crippen LogP contribution is -2.43. The molecule has 2 aromatic carbocycles. The third-order valence-corrected chi connectivity index (χ3v) is 4.58. The van der Waals surface area contributed by atoms with Crippen LogP contribution in [0.5, 0.6) is 0 Å². The lowest BCUT2D eigenvalue weighted by molar-refractivity contribution is -0.177. The van der Waals surface area contributed by atoms with E-state index in [0.717, 1.165) is 11.1 Å². The lowest BCUT2D eigenvalue weighted by atomic mass is 10.1. The Morgan fingerprint density at radius 2 is 1.41 bits per heavy atom. The van der Waals surface area contributed by atoms with E-state index in [2.05, 4.69) is 0 Å². The van der Waals surface area contributed by atoms with Crippen LogP contribution in [0.25, 0.3) is 0 Å². The van der Waals surface area contributed by atoms with Crippen molar-refractivity contribution in [2.45, 2.75) is 43.9 Å². The van der Waals surface area contributed by atoms with Crippen LogP contribution in [0.3, 0.4) is 0 Å². The van der Waals surface area contributed by atoms with E-state index in [9.17, 15) is 10.2 Å². The Morgan fingerprint density at radius 3 is 1.89 bits per heavy atom. The van der Waals surface area contributed by atoms with Gasteiger partial charge in [-0.05, 0) is 11.1 Å². The molecule has 0 aromatic heterocycles. The summed E-state index contributed by atoms with van der Waals surface area (Å²) in [5.74, 6) is 0. The summed E-state index contributed by atoms with van der Waals surface area (Å²) >= 11 is 0. The molecule has 2 N–H and O–H groups in total. The van der Waals surface area contributed by atoms with E-state index in [1.54, 1.807) is 0 Å². The topological polar surface area (TPSA) is 77.4 Å². The van der Waals surface area contributed by atoms with Gasteiger partial charge in [-0.1, -0.05) is 60.7 Å². The fourth-order valence-electron chi connectivity index (χ4n) is 3.15. The van der Waals surface area contributed by atoms with Gasteiger partial charge in [0.05, 0.1) is 19.8 Å². The minimum atomic E-state index is -1.09. The SMILES string of the molecule is CO[C@@H]1O[C@@H]([C@@H](O)CO)[C@H](OCc2ccccc2)[C@H]1OCc1ccccc1. The Balaban J connectivity index is 1.72. The maximum absolute atomic E-state index is 10.2. The van der Waals surface area contributed by atoms with Crippen molar-refractivity contribution in [2.75, 3.05) is 13.7 Å². The van der Waals surface area contributed by atoms with Crippen LogP contribution < -0.4 is 0 Å². The number of aliphatic hydroxyl groups is 2. The van der Waals surface area contributed by atoms with E-state index in [1.807, 2.05) is 60.7 Å². The minimum Gasteiger partial charge on any atom is -0.394 e. The standard InChI is InChI=1S/C21H26O6/c1-24-21-20(26-14-16-10-6-3-7-11-16)19(18(27-21)17(23)12-22)25-13-15-8-4-2-5-9-15/h2-11,17-23H,12-14H2,1H3/t17-,18-,19-,20+,21+/m0/s1. The predicted octanol–water partition coefficient (Wildman–Crippen LogP) is 1.88. The second-order valence-electron chi connectivity index (χ2n) is 6.48. The molecule has 2 aromatic rings. The van der Waals surface area contributed by atoms with E-state index in [4.69, 9.17) is 18.9 Å². The van der Waals surface area contributed by atoms with Crippen LogP contribution in [0, 0.1) is 0 Å². The first-order chi connectivity index (χ1) is 13.2. The van der Waals surface area contributed by atoms with Gasteiger partial charge in [0.2, 0.25) is 0 Å². The molecule has 3 rings (SSSR count). The van der Waals surface area contributed by atoms with Gasteiger partial charge in [-0.25, -0.2) is 0 Å². The lowest BCUT2D eigenvalue weighted by Gasteiger charge is -2.26. The summed E-state index contributed by atoms with van der Waals surface area (Å²) < 4.78 is 23.3. The van der Waals surface area contributed by atoms with Crippen LogP contribution in [0.1, 0.15) is 11.1 Å². The molecular formula is C21H26O6. The van der Waals surface area contributed by atoms with Crippen LogP contribution >= 0.6 is 0 Å². The van der Waals surface area contributed by atoms with E-state index < -0.39 is 37.3 Å². The zero-order chi connectivity index (χ0) is 19.1. The molecular weight excluding hydrogens is 348 g/mol. The van der Waals surface area contributed by atoms with Crippen LogP contribution in [0.2, 0.25) is 0 Å². The number of benzene rings is 2. The highest BCUT2D eigenvalue weighted by Gasteiger charge is 2.49. The Kier molecular flexibility index (Phi) is 7.34. The summed E-state index contributed by atoms with van der Waals surface area (Å²) in [6.45, 7) is 0.269. The van der Waals surface area contributed by atoms with Gasteiger partial charge in [0, 0.05) is 7.11 Å². The molecule has 1 saturated heterocycles. The molecule has 0 aliphatic carbocycles. The van der Waals surface area contributed by atoms with Crippen LogP contribution in [-0.2, 0) is 32.2 Å². The van der Waals surface area contributed by atoms with Crippen molar-refractivity contribution in [3.63, 3.8) is 0 Å². The Labute approximate surface area is 159 Å². The summed E-state index contributed by atoms with van der Waals surface area (Å²) in [5.41, 5.74) is 2.01. The number of ether oxygens (including phenoxy) is 4. The van der Waals surface area contributed by atoms with Gasteiger partial charge in [-0.3, -0.25) is 0 Å². The van der Waals surface area contributed by atoms with Crippen LogP contribution in [0.4, 0.5) is 0 Å². The van der Waals surface area contributed by atoms with Gasteiger partial charge < -0.3 is 29.2 Å². The molecule has 0 saturated carbocycles. The summed E-state index contributed by atoms with van der Waals surface area (Å²) in [6, 6.07) is 19.5. The highest BCUT2D eigenvalue weighted by Crippen LogP contribution is 2.30. The summed E-state index contributed by atoms with van der Waals surface area (Å²) in [6.07, 6.45) is -3.65. The van der Waals surface area contributed by atoms with E-state index in [-0.39, 0.29) is 0 Å². The maximum atomic E-state index is 10.2. The molecule has 1 aliphatic rings. The first kappa shape index (κ1) is 19.9. The molecule has 1 heterocycles. The second kappa shape index (κ2) is 9.94. The zero-order valence-corrected chi connectivity index (χ0v) is 15.3. The van der Waals surface area contributed by atoms with Crippen LogP contribution in [-0.4, -0.2) is 54.6 Å². The second-order valence-corrected chi connectivity index (χ2v) is 6.48. The third-order valence-electron chi connectivity index (χ3n) is 4.58. The molecule has 0 radical (unpaired) electrons. The monoisotopic (exact) mass is 374 g/mol. The molecule has 0 unspecified atom stereocenters.